The molecule has 9 heteroatoms. The number of aromatic nitrogens is 2. The van der Waals surface area contributed by atoms with Crippen molar-refractivity contribution in [1.82, 2.24) is 15.0 Å². The molecular formula is C20H20ClN3O5. The lowest BCUT2D eigenvalue weighted by Crippen LogP contribution is -2.31. The maximum absolute atomic E-state index is 12.3. The predicted molar refractivity (Wildman–Crippen MR) is 106 cm³/mol. The van der Waals surface area contributed by atoms with Gasteiger partial charge in [0.1, 0.15) is 5.75 Å². The molecule has 0 aliphatic heterocycles. The molecule has 29 heavy (non-hydrogen) atoms. The average Bonchev–Trinajstić information content (AvgIpc) is 3.20. The zero-order valence-corrected chi connectivity index (χ0v) is 17.0. The molecule has 1 aromatic heterocycles. The summed E-state index contributed by atoms with van der Waals surface area (Å²) in [4.78, 5) is 18.1. The number of hydrogen-bond acceptors (Lipinski definition) is 7. The van der Waals surface area contributed by atoms with E-state index in [1.165, 1.54) is 4.90 Å². The van der Waals surface area contributed by atoms with Crippen molar-refractivity contribution < 1.29 is 23.5 Å². The number of nitrogens with zero attached hydrogens (tertiary/aromatic N) is 3. The Morgan fingerprint density at radius 3 is 2.59 bits per heavy atom. The van der Waals surface area contributed by atoms with E-state index in [1.807, 2.05) is 0 Å². The topological polar surface area (TPSA) is 86.9 Å². The predicted octanol–water partition coefficient (Wildman–Crippen LogP) is 3.44. The molecule has 0 atom stereocenters. The number of carbonyl (C=O) groups is 1. The number of methoxy groups -OCH3 is 2. The number of halogens is 1. The molecule has 0 spiro atoms. The van der Waals surface area contributed by atoms with Gasteiger partial charge in [0.25, 0.3) is 5.91 Å². The van der Waals surface area contributed by atoms with Gasteiger partial charge in [-0.1, -0.05) is 28.9 Å². The summed E-state index contributed by atoms with van der Waals surface area (Å²) in [5.74, 6) is 2.03. The zero-order chi connectivity index (χ0) is 20.8. The highest BCUT2D eigenvalue weighted by Gasteiger charge is 2.17. The van der Waals surface area contributed by atoms with Crippen LogP contribution in [0.3, 0.4) is 0 Å². The first-order chi connectivity index (χ1) is 14.0. The largest absolute Gasteiger partial charge is 0.493 e. The van der Waals surface area contributed by atoms with Crippen molar-refractivity contribution >= 4 is 17.5 Å². The third-order valence-electron chi connectivity index (χ3n) is 4.10. The normalized spacial score (nSPS) is 10.5. The van der Waals surface area contributed by atoms with Crippen LogP contribution in [0.5, 0.6) is 17.2 Å². The van der Waals surface area contributed by atoms with Crippen LogP contribution in [0.1, 0.15) is 5.89 Å². The number of rotatable bonds is 8. The van der Waals surface area contributed by atoms with Gasteiger partial charge in [-0.05, 0) is 30.3 Å². The number of ether oxygens (including phenoxy) is 3. The Morgan fingerprint density at radius 2 is 1.86 bits per heavy atom. The molecular weight excluding hydrogens is 398 g/mol. The third kappa shape index (κ3) is 4.97. The second-order valence-corrected chi connectivity index (χ2v) is 6.46. The molecule has 0 unspecified atom stereocenters. The van der Waals surface area contributed by atoms with Crippen LogP contribution in [-0.4, -0.2) is 48.8 Å². The lowest BCUT2D eigenvalue weighted by molar-refractivity contribution is -0.132. The summed E-state index contributed by atoms with van der Waals surface area (Å²) in [6.07, 6.45) is 0. The van der Waals surface area contributed by atoms with Crippen LogP contribution in [0.4, 0.5) is 0 Å². The molecule has 0 saturated heterocycles. The second kappa shape index (κ2) is 9.29. The van der Waals surface area contributed by atoms with Gasteiger partial charge in [-0.2, -0.15) is 4.98 Å². The van der Waals surface area contributed by atoms with E-state index in [9.17, 15) is 4.79 Å². The molecule has 8 nitrogen and oxygen atoms in total. The van der Waals surface area contributed by atoms with Crippen LogP contribution in [0.25, 0.3) is 11.4 Å². The van der Waals surface area contributed by atoms with Crippen LogP contribution in [0.2, 0.25) is 5.02 Å². The van der Waals surface area contributed by atoms with Gasteiger partial charge in [0.05, 0.1) is 25.8 Å². The molecule has 0 fully saturated rings. The van der Waals surface area contributed by atoms with Crippen LogP contribution < -0.4 is 14.2 Å². The molecule has 0 aliphatic carbocycles. The monoisotopic (exact) mass is 417 g/mol. The first-order valence-corrected chi connectivity index (χ1v) is 9.06. The highest BCUT2D eigenvalue weighted by atomic mass is 35.5. The maximum Gasteiger partial charge on any atom is 0.260 e. The van der Waals surface area contributed by atoms with Crippen LogP contribution in [-0.2, 0) is 11.3 Å². The average molecular weight is 418 g/mol. The van der Waals surface area contributed by atoms with Crippen molar-refractivity contribution in [3.8, 4) is 28.6 Å². The van der Waals surface area contributed by atoms with Crippen molar-refractivity contribution in [2.24, 2.45) is 0 Å². The van der Waals surface area contributed by atoms with Gasteiger partial charge >= 0.3 is 0 Å². The standard InChI is InChI=1S/C20H20ClN3O5/c1-24(19(25)12-28-15-7-5-4-6-14(15)21)11-18-22-20(23-29-18)13-8-9-16(26-2)17(10-13)27-3/h4-10H,11-12H2,1-3H3. The second-order valence-electron chi connectivity index (χ2n) is 6.05. The minimum atomic E-state index is -0.254. The Balaban J connectivity index is 1.62. The van der Waals surface area contributed by atoms with Crippen molar-refractivity contribution in [3.05, 3.63) is 53.4 Å². The van der Waals surface area contributed by atoms with E-state index in [2.05, 4.69) is 10.1 Å². The molecule has 3 rings (SSSR count). The Kier molecular flexibility index (Phi) is 6.56. The number of benzene rings is 2. The van der Waals surface area contributed by atoms with Gasteiger partial charge in [-0.25, -0.2) is 0 Å². The van der Waals surface area contributed by atoms with Gasteiger partial charge in [-0.15, -0.1) is 0 Å². The van der Waals surface area contributed by atoms with E-state index in [-0.39, 0.29) is 19.1 Å². The molecule has 0 saturated carbocycles. The van der Waals surface area contributed by atoms with E-state index in [0.29, 0.717) is 39.5 Å². The Labute approximate surface area is 172 Å². The first kappa shape index (κ1) is 20.5. The summed E-state index contributed by atoms with van der Waals surface area (Å²) < 4.78 is 21.2. The fourth-order valence-corrected chi connectivity index (χ4v) is 2.70. The van der Waals surface area contributed by atoms with E-state index in [1.54, 1.807) is 63.7 Å². The minimum absolute atomic E-state index is 0.144. The number of carbonyl (C=O) groups excluding carboxylic acids is 1. The number of para-hydroxylation sites is 1. The Bertz CT molecular complexity index is 992. The molecule has 2 aromatic carbocycles. The molecule has 3 aromatic rings. The van der Waals surface area contributed by atoms with Gasteiger partial charge in [0.2, 0.25) is 11.7 Å². The Hall–Kier alpha value is -3.26. The van der Waals surface area contributed by atoms with Crippen molar-refractivity contribution in [2.75, 3.05) is 27.9 Å². The summed E-state index contributed by atoms with van der Waals surface area (Å²) in [7, 11) is 4.74. The lowest BCUT2D eigenvalue weighted by atomic mass is 10.2. The molecule has 152 valence electrons. The van der Waals surface area contributed by atoms with Crippen LogP contribution in [0, 0.1) is 0 Å². The maximum atomic E-state index is 12.3. The van der Waals surface area contributed by atoms with Crippen molar-refractivity contribution in [2.45, 2.75) is 6.54 Å². The van der Waals surface area contributed by atoms with E-state index < -0.39 is 0 Å². The van der Waals surface area contributed by atoms with Gasteiger partial charge in [-0.3, -0.25) is 4.79 Å². The molecule has 1 heterocycles. The minimum Gasteiger partial charge on any atom is -0.493 e. The highest BCUT2D eigenvalue weighted by Crippen LogP contribution is 2.31. The van der Waals surface area contributed by atoms with Crippen molar-refractivity contribution in [3.63, 3.8) is 0 Å². The summed E-state index contributed by atoms with van der Waals surface area (Å²) in [5.41, 5.74) is 0.702. The van der Waals surface area contributed by atoms with Gasteiger partial charge in [0.15, 0.2) is 18.1 Å². The summed E-state index contributed by atoms with van der Waals surface area (Å²) in [6, 6.07) is 12.3. The zero-order valence-electron chi connectivity index (χ0n) is 16.2. The molecule has 1 amide bonds. The molecule has 0 aliphatic rings. The van der Waals surface area contributed by atoms with Crippen LogP contribution >= 0.6 is 11.6 Å². The highest BCUT2D eigenvalue weighted by molar-refractivity contribution is 6.32. The SMILES string of the molecule is COc1ccc(-c2noc(CN(C)C(=O)COc3ccccc3Cl)n2)cc1OC. The fourth-order valence-electron chi connectivity index (χ4n) is 2.51. The Morgan fingerprint density at radius 1 is 1.10 bits per heavy atom. The van der Waals surface area contributed by atoms with Gasteiger partial charge in [0, 0.05) is 12.6 Å². The van der Waals surface area contributed by atoms with Crippen molar-refractivity contribution in [1.29, 1.82) is 0 Å². The van der Waals surface area contributed by atoms with Crippen LogP contribution in [0.15, 0.2) is 47.0 Å². The fraction of sp³-hybridized carbons (Fsp3) is 0.250. The number of hydrogen-bond donors (Lipinski definition) is 0. The summed E-state index contributed by atoms with van der Waals surface area (Å²) in [5, 5.41) is 4.41. The first-order valence-electron chi connectivity index (χ1n) is 8.68. The lowest BCUT2D eigenvalue weighted by Gasteiger charge is -2.15. The van der Waals surface area contributed by atoms with E-state index >= 15 is 0 Å². The summed E-state index contributed by atoms with van der Waals surface area (Å²) >= 11 is 6.02. The smallest absolute Gasteiger partial charge is 0.260 e. The number of amides is 1. The quantitative estimate of drug-likeness (QED) is 0.554. The molecule has 0 bridgehead atoms. The molecule has 0 radical (unpaired) electrons. The van der Waals surface area contributed by atoms with Gasteiger partial charge < -0.3 is 23.6 Å². The summed E-state index contributed by atoms with van der Waals surface area (Å²) in [6.45, 7) is -0.0120. The number of likely N-dealkylation sites (N-methyl/N-ethyl adjacent to an activating group) is 1. The molecule has 0 N–H and O–H groups in total. The van der Waals surface area contributed by atoms with E-state index in [4.69, 9.17) is 30.3 Å². The third-order valence-corrected chi connectivity index (χ3v) is 4.41. The van der Waals surface area contributed by atoms with E-state index in [0.717, 1.165) is 0 Å².